The van der Waals surface area contributed by atoms with Crippen molar-refractivity contribution in [3.05, 3.63) is 78.4 Å². The highest BCUT2D eigenvalue weighted by atomic mass is 16.5. The number of anilines is 1. The minimum atomic E-state index is 0.0853. The minimum Gasteiger partial charge on any atom is -0.489 e. The number of hydrogen-bond acceptors (Lipinski definition) is 5. The van der Waals surface area contributed by atoms with Crippen LogP contribution in [0.25, 0.3) is 16.8 Å². The maximum Gasteiger partial charge on any atom is 0.223 e. The average Bonchev–Trinajstić information content (AvgIpc) is 3.30. The van der Waals surface area contributed by atoms with Crippen LogP contribution in [0.1, 0.15) is 49.9 Å². The van der Waals surface area contributed by atoms with Crippen LogP contribution in [-0.2, 0) is 11.4 Å². The molecule has 2 aromatic heterocycles. The topological polar surface area (TPSA) is 94.5 Å². The van der Waals surface area contributed by atoms with Gasteiger partial charge in [-0.05, 0) is 50.3 Å². The van der Waals surface area contributed by atoms with Crippen LogP contribution < -0.4 is 15.8 Å². The van der Waals surface area contributed by atoms with Crippen LogP contribution in [0.15, 0.2) is 67.0 Å². The summed E-state index contributed by atoms with van der Waals surface area (Å²) in [6.45, 7) is 3.13. The van der Waals surface area contributed by atoms with Gasteiger partial charge in [-0.1, -0.05) is 42.5 Å². The molecule has 0 bridgehead atoms. The summed E-state index contributed by atoms with van der Waals surface area (Å²) in [5.41, 5.74) is 10.0. The van der Waals surface area contributed by atoms with E-state index in [0.29, 0.717) is 19.0 Å². The average molecular weight is 470 g/mol. The van der Waals surface area contributed by atoms with Crippen LogP contribution in [-0.4, -0.2) is 26.8 Å². The van der Waals surface area contributed by atoms with Crippen LogP contribution in [0, 0.1) is 5.92 Å². The van der Waals surface area contributed by atoms with Crippen molar-refractivity contribution in [1.29, 1.82) is 0 Å². The lowest BCUT2D eigenvalue weighted by Crippen LogP contribution is -2.32. The number of imidazole rings is 1. The third kappa shape index (κ3) is 4.85. The first kappa shape index (κ1) is 22.9. The molecule has 3 N–H and O–H groups in total. The Bertz CT molecular complexity index is 1310. The second-order valence-electron chi connectivity index (χ2n) is 9.09. The molecular weight excluding hydrogens is 438 g/mol. The number of fused-ring (bicyclic) bond motifs is 1. The van der Waals surface area contributed by atoms with Gasteiger partial charge in [-0.25, -0.2) is 9.97 Å². The number of rotatable bonds is 7. The van der Waals surface area contributed by atoms with Gasteiger partial charge in [-0.2, -0.15) is 0 Å². The number of nitrogens with zero attached hydrogens (tertiary/aromatic N) is 3. The number of aromatic nitrogens is 3. The summed E-state index contributed by atoms with van der Waals surface area (Å²) in [4.78, 5) is 21.7. The van der Waals surface area contributed by atoms with Crippen LogP contribution in [0.5, 0.6) is 5.75 Å². The lowest BCUT2D eigenvalue weighted by Gasteiger charge is -2.27. The quantitative estimate of drug-likeness (QED) is 0.399. The van der Waals surface area contributed by atoms with E-state index in [4.69, 9.17) is 15.5 Å². The summed E-state index contributed by atoms with van der Waals surface area (Å²) in [6, 6.07) is 18.1. The van der Waals surface area contributed by atoms with E-state index in [1.165, 1.54) is 0 Å². The fourth-order valence-electron chi connectivity index (χ4n) is 4.98. The summed E-state index contributed by atoms with van der Waals surface area (Å²) in [5, 5.41) is 2.96. The molecule has 1 amide bonds. The molecule has 1 saturated carbocycles. The molecule has 35 heavy (non-hydrogen) atoms. The molecule has 0 unspecified atom stereocenters. The maximum atomic E-state index is 12.3. The normalized spacial score (nSPS) is 17.9. The fraction of sp³-hybridized carbons (Fsp3) is 0.321. The smallest absolute Gasteiger partial charge is 0.223 e. The molecular formula is C28H31N5O2. The molecule has 2 heterocycles. The molecule has 0 spiro atoms. The molecule has 180 valence electrons. The molecule has 5 rings (SSSR count). The highest BCUT2D eigenvalue weighted by Crippen LogP contribution is 2.39. The summed E-state index contributed by atoms with van der Waals surface area (Å²) in [6.07, 6.45) is 7.22. The predicted molar refractivity (Wildman–Crippen MR) is 137 cm³/mol. The van der Waals surface area contributed by atoms with Gasteiger partial charge in [0.25, 0.3) is 0 Å². The molecule has 7 heteroatoms. The van der Waals surface area contributed by atoms with Gasteiger partial charge in [0.1, 0.15) is 35.2 Å². The van der Waals surface area contributed by atoms with Crippen molar-refractivity contribution in [2.24, 2.45) is 5.92 Å². The van der Waals surface area contributed by atoms with E-state index in [2.05, 4.69) is 14.7 Å². The first-order valence-electron chi connectivity index (χ1n) is 12.3. The Morgan fingerprint density at radius 2 is 1.91 bits per heavy atom. The van der Waals surface area contributed by atoms with Crippen molar-refractivity contribution < 1.29 is 9.53 Å². The van der Waals surface area contributed by atoms with Crippen molar-refractivity contribution >= 4 is 17.2 Å². The van der Waals surface area contributed by atoms with Crippen molar-refractivity contribution in [2.75, 3.05) is 12.3 Å². The highest BCUT2D eigenvalue weighted by molar-refractivity contribution is 5.85. The van der Waals surface area contributed by atoms with Crippen LogP contribution in [0.3, 0.4) is 0 Å². The summed E-state index contributed by atoms with van der Waals surface area (Å²) in [7, 11) is 0. The van der Waals surface area contributed by atoms with Gasteiger partial charge in [0.2, 0.25) is 5.91 Å². The van der Waals surface area contributed by atoms with E-state index in [9.17, 15) is 4.79 Å². The second-order valence-corrected chi connectivity index (χ2v) is 9.09. The molecule has 0 radical (unpaired) electrons. The van der Waals surface area contributed by atoms with Gasteiger partial charge < -0.3 is 15.8 Å². The van der Waals surface area contributed by atoms with Gasteiger partial charge in [0.15, 0.2) is 0 Å². The number of nitrogen functional groups attached to an aromatic ring is 1. The number of carbonyl (C=O) groups excluding carboxylic acids is 1. The largest absolute Gasteiger partial charge is 0.489 e. The standard InChI is InChI=1S/C28H31N5O2/c1-2-30-28(34)21-13-11-20(12-14-21)27-32-24(25-26(29)31-15-16-33(25)27)22-9-6-10-23(17-22)35-18-19-7-4-3-5-8-19/h3-10,15-17,20-21H,2,11-14,18H2,1H3,(H2,29,31)(H,30,34)/t20-,21-. The molecule has 1 fully saturated rings. The van der Waals surface area contributed by atoms with Crippen LogP contribution in [0.2, 0.25) is 0 Å². The van der Waals surface area contributed by atoms with Gasteiger partial charge in [-0.3, -0.25) is 9.20 Å². The number of nitrogens with one attached hydrogen (secondary N) is 1. The molecule has 1 aliphatic carbocycles. The van der Waals surface area contributed by atoms with Crippen LogP contribution in [0.4, 0.5) is 5.82 Å². The fourth-order valence-corrected chi connectivity index (χ4v) is 4.98. The van der Waals surface area contributed by atoms with E-state index >= 15 is 0 Å². The van der Waals surface area contributed by atoms with Crippen LogP contribution >= 0.6 is 0 Å². The maximum absolute atomic E-state index is 12.3. The first-order valence-corrected chi connectivity index (χ1v) is 12.3. The Morgan fingerprint density at radius 3 is 2.69 bits per heavy atom. The Kier molecular flexibility index (Phi) is 6.66. The molecule has 7 nitrogen and oxygen atoms in total. The molecule has 4 aromatic rings. The Morgan fingerprint density at radius 1 is 1.11 bits per heavy atom. The van der Waals surface area contributed by atoms with Crippen molar-refractivity contribution in [2.45, 2.75) is 45.1 Å². The SMILES string of the molecule is CCNC(=O)[C@H]1CC[C@H](c2nc(-c3cccc(OCc4ccccc4)c3)c3c(N)nccn32)CC1. The zero-order valence-corrected chi connectivity index (χ0v) is 20.0. The van der Waals surface area contributed by atoms with Crippen molar-refractivity contribution in [3.63, 3.8) is 0 Å². The number of ether oxygens (including phenoxy) is 1. The molecule has 0 atom stereocenters. The third-order valence-corrected chi connectivity index (χ3v) is 6.78. The summed E-state index contributed by atoms with van der Waals surface area (Å²) in [5.74, 6) is 2.73. The van der Waals surface area contributed by atoms with E-state index in [0.717, 1.165) is 59.6 Å². The molecule has 2 aromatic carbocycles. The number of nitrogens with two attached hydrogens (primary N) is 1. The van der Waals surface area contributed by atoms with Gasteiger partial charge in [-0.15, -0.1) is 0 Å². The lowest BCUT2D eigenvalue weighted by molar-refractivity contribution is -0.125. The van der Waals surface area contributed by atoms with Crippen molar-refractivity contribution in [3.8, 4) is 17.0 Å². The molecule has 0 aliphatic heterocycles. The zero-order chi connectivity index (χ0) is 24.2. The zero-order valence-electron chi connectivity index (χ0n) is 20.0. The van der Waals surface area contributed by atoms with E-state index in [1.54, 1.807) is 6.20 Å². The minimum absolute atomic E-state index is 0.0853. The summed E-state index contributed by atoms with van der Waals surface area (Å²) >= 11 is 0. The third-order valence-electron chi connectivity index (χ3n) is 6.78. The Labute approximate surface area is 205 Å². The lowest BCUT2D eigenvalue weighted by atomic mass is 9.81. The predicted octanol–water partition coefficient (Wildman–Crippen LogP) is 4.97. The number of amides is 1. The van der Waals surface area contributed by atoms with Gasteiger partial charge >= 0.3 is 0 Å². The molecule has 0 saturated heterocycles. The number of carbonyl (C=O) groups is 1. The van der Waals surface area contributed by atoms with E-state index in [-0.39, 0.29) is 17.7 Å². The number of hydrogen-bond donors (Lipinski definition) is 2. The first-order chi connectivity index (χ1) is 17.1. The molecule has 1 aliphatic rings. The Balaban J connectivity index is 1.42. The second kappa shape index (κ2) is 10.2. The number of benzene rings is 2. The van der Waals surface area contributed by atoms with Gasteiger partial charge in [0.05, 0.1) is 0 Å². The van der Waals surface area contributed by atoms with E-state index in [1.807, 2.05) is 67.7 Å². The Hall–Kier alpha value is -3.87. The monoisotopic (exact) mass is 469 g/mol. The van der Waals surface area contributed by atoms with Gasteiger partial charge in [0, 0.05) is 36.3 Å². The van der Waals surface area contributed by atoms with Crippen molar-refractivity contribution in [1.82, 2.24) is 19.7 Å². The summed E-state index contributed by atoms with van der Waals surface area (Å²) < 4.78 is 8.13. The van der Waals surface area contributed by atoms with E-state index < -0.39 is 0 Å². The highest BCUT2D eigenvalue weighted by Gasteiger charge is 2.30.